The first-order chi connectivity index (χ1) is 14.5. The Kier molecular flexibility index (Phi) is 5.78. The highest BCUT2D eigenvalue weighted by atomic mass is 32.2. The van der Waals surface area contributed by atoms with Crippen LogP contribution in [0.4, 0.5) is 5.69 Å². The normalized spacial score (nSPS) is 20.3. The summed E-state index contributed by atoms with van der Waals surface area (Å²) in [6.45, 7) is 0.237. The van der Waals surface area contributed by atoms with Crippen molar-refractivity contribution in [2.45, 2.75) is 23.4 Å². The molecule has 2 atom stereocenters. The van der Waals surface area contributed by atoms with Gasteiger partial charge in [-0.15, -0.1) is 11.8 Å². The van der Waals surface area contributed by atoms with Crippen molar-refractivity contribution in [1.29, 1.82) is 0 Å². The highest BCUT2D eigenvalue weighted by molar-refractivity contribution is 7.98. The van der Waals surface area contributed by atoms with Gasteiger partial charge >= 0.3 is 0 Å². The molecule has 2 aliphatic rings. The molecule has 7 nitrogen and oxygen atoms in total. The van der Waals surface area contributed by atoms with Gasteiger partial charge in [-0.25, -0.2) is 0 Å². The Balaban J connectivity index is 1.61. The molecule has 2 aliphatic heterocycles. The van der Waals surface area contributed by atoms with Crippen molar-refractivity contribution >= 4 is 35.2 Å². The van der Waals surface area contributed by atoms with E-state index >= 15 is 0 Å². The van der Waals surface area contributed by atoms with E-state index in [0.29, 0.717) is 24.2 Å². The summed E-state index contributed by atoms with van der Waals surface area (Å²) in [7, 11) is 1.45. The fraction of sp³-hybridized carbons (Fsp3) is 0.318. The van der Waals surface area contributed by atoms with Gasteiger partial charge in [-0.2, -0.15) is 0 Å². The van der Waals surface area contributed by atoms with Gasteiger partial charge in [-0.1, -0.05) is 18.2 Å². The van der Waals surface area contributed by atoms with Gasteiger partial charge in [0, 0.05) is 24.6 Å². The van der Waals surface area contributed by atoms with E-state index in [2.05, 4.69) is 10.6 Å². The van der Waals surface area contributed by atoms with Crippen molar-refractivity contribution in [3.8, 4) is 11.1 Å². The quantitative estimate of drug-likeness (QED) is 0.718. The number of methoxy groups -OCH3 is 1. The second kappa shape index (κ2) is 8.49. The number of hydrogen-bond donors (Lipinski definition) is 2. The van der Waals surface area contributed by atoms with Crippen LogP contribution in [0.1, 0.15) is 16.8 Å². The van der Waals surface area contributed by atoms with E-state index in [1.165, 1.54) is 12.0 Å². The number of amides is 3. The van der Waals surface area contributed by atoms with Gasteiger partial charge in [-0.3, -0.25) is 14.4 Å². The van der Waals surface area contributed by atoms with Crippen molar-refractivity contribution in [1.82, 2.24) is 10.2 Å². The van der Waals surface area contributed by atoms with Crippen molar-refractivity contribution < 1.29 is 19.1 Å². The average molecular weight is 426 g/mol. The van der Waals surface area contributed by atoms with Gasteiger partial charge < -0.3 is 20.3 Å². The summed E-state index contributed by atoms with van der Waals surface area (Å²) in [5, 5.41) is 5.71. The van der Waals surface area contributed by atoms with E-state index in [1.54, 1.807) is 22.7 Å². The molecule has 0 aliphatic carbocycles. The Morgan fingerprint density at radius 1 is 1.20 bits per heavy atom. The molecule has 2 unspecified atom stereocenters. The van der Waals surface area contributed by atoms with Crippen LogP contribution in [0.3, 0.4) is 0 Å². The molecule has 0 radical (unpaired) electrons. The number of fused-ring (bicyclic) bond motifs is 2. The van der Waals surface area contributed by atoms with Gasteiger partial charge in [0.25, 0.3) is 5.91 Å². The maximum Gasteiger partial charge on any atom is 0.256 e. The number of benzene rings is 2. The first-order valence-corrected chi connectivity index (χ1v) is 10.9. The Morgan fingerprint density at radius 2 is 1.93 bits per heavy atom. The number of hydrogen-bond acceptors (Lipinski definition) is 5. The molecular weight excluding hydrogens is 402 g/mol. The Labute approximate surface area is 179 Å². The largest absolute Gasteiger partial charge is 0.375 e. The van der Waals surface area contributed by atoms with E-state index in [1.807, 2.05) is 42.7 Å². The second-order valence-corrected chi connectivity index (χ2v) is 8.26. The highest BCUT2D eigenvalue weighted by Crippen LogP contribution is 2.32. The molecule has 2 aromatic carbocycles. The van der Waals surface area contributed by atoms with Crippen LogP contribution in [0, 0.1) is 0 Å². The number of carbonyl (C=O) groups excluding carboxylic acids is 3. The number of carbonyl (C=O) groups is 3. The molecular formula is C22H23N3O4S. The highest BCUT2D eigenvalue weighted by Gasteiger charge is 2.43. The minimum absolute atomic E-state index is 0.0527. The first kappa shape index (κ1) is 20.4. The fourth-order valence-electron chi connectivity index (χ4n) is 3.98. The zero-order chi connectivity index (χ0) is 21.3. The van der Waals surface area contributed by atoms with E-state index in [9.17, 15) is 14.4 Å². The van der Waals surface area contributed by atoms with Gasteiger partial charge in [0.2, 0.25) is 11.8 Å². The van der Waals surface area contributed by atoms with E-state index in [0.717, 1.165) is 11.1 Å². The van der Waals surface area contributed by atoms with Gasteiger partial charge in [0.1, 0.15) is 12.6 Å². The summed E-state index contributed by atoms with van der Waals surface area (Å²) < 4.78 is 4.84. The zero-order valence-corrected chi connectivity index (χ0v) is 17.6. The summed E-state index contributed by atoms with van der Waals surface area (Å²) >= 11 is 1.67. The van der Waals surface area contributed by atoms with E-state index in [-0.39, 0.29) is 30.4 Å². The lowest BCUT2D eigenvalue weighted by molar-refractivity contribution is -0.125. The van der Waals surface area contributed by atoms with Crippen LogP contribution in [0.25, 0.3) is 11.1 Å². The number of ether oxygens (including phenoxy) is 1. The summed E-state index contributed by atoms with van der Waals surface area (Å²) in [5.41, 5.74) is 2.89. The molecule has 2 heterocycles. The summed E-state index contributed by atoms with van der Waals surface area (Å²) in [4.78, 5) is 40.6. The Morgan fingerprint density at radius 3 is 2.63 bits per heavy atom. The number of thioether (sulfide) groups is 1. The van der Waals surface area contributed by atoms with Gasteiger partial charge in [0.05, 0.1) is 11.3 Å². The number of anilines is 1. The van der Waals surface area contributed by atoms with Gasteiger partial charge in [0.15, 0.2) is 0 Å². The number of rotatable bonds is 5. The summed E-state index contributed by atoms with van der Waals surface area (Å²) in [6, 6.07) is 12.7. The zero-order valence-electron chi connectivity index (χ0n) is 16.8. The molecule has 156 valence electrons. The lowest BCUT2D eigenvalue weighted by Crippen LogP contribution is -2.41. The smallest absolute Gasteiger partial charge is 0.256 e. The van der Waals surface area contributed by atoms with Crippen LogP contribution in [-0.4, -0.2) is 61.2 Å². The van der Waals surface area contributed by atoms with E-state index < -0.39 is 6.04 Å². The fourth-order valence-corrected chi connectivity index (χ4v) is 4.39. The average Bonchev–Trinajstić information content (AvgIpc) is 3.14. The monoisotopic (exact) mass is 425 g/mol. The standard InChI is InChI=1S/C22H23N3O4S/c1-29-12-20(26)23-15-10-19-21(27)24-18-8-5-14(9-17(18)22(28)25(19)11-15)13-3-6-16(30-2)7-4-13/h3-9,15,19H,10-12H2,1-2H3,(H,23,26)(H,24,27). The van der Waals surface area contributed by atoms with Crippen LogP contribution < -0.4 is 10.6 Å². The molecule has 2 N–H and O–H groups in total. The molecule has 0 aromatic heterocycles. The second-order valence-electron chi connectivity index (χ2n) is 7.38. The SMILES string of the molecule is COCC(=O)NC1CC2C(=O)Nc3ccc(-c4ccc(SC)cc4)cc3C(=O)N2C1. The van der Waals surface area contributed by atoms with Crippen LogP contribution in [0.2, 0.25) is 0 Å². The van der Waals surface area contributed by atoms with Crippen LogP contribution in [-0.2, 0) is 14.3 Å². The minimum atomic E-state index is -0.609. The molecule has 30 heavy (non-hydrogen) atoms. The minimum Gasteiger partial charge on any atom is -0.375 e. The lowest BCUT2D eigenvalue weighted by Gasteiger charge is -2.20. The third kappa shape index (κ3) is 3.93. The summed E-state index contributed by atoms with van der Waals surface area (Å²) in [5.74, 6) is -0.702. The molecule has 2 aromatic rings. The molecule has 8 heteroatoms. The molecule has 0 saturated carbocycles. The van der Waals surface area contributed by atoms with Crippen LogP contribution in [0.5, 0.6) is 0 Å². The van der Waals surface area contributed by atoms with Crippen molar-refractivity contribution in [3.63, 3.8) is 0 Å². The number of nitrogens with zero attached hydrogens (tertiary/aromatic N) is 1. The molecule has 1 saturated heterocycles. The number of nitrogens with one attached hydrogen (secondary N) is 2. The predicted molar refractivity (Wildman–Crippen MR) is 116 cm³/mol. The van der Waals surface area contributed by atoms with Crippen molar-refractivity contribution in [2.24, 2.45) is 0 Å². The third-order valence-electron chi connectivity index (χ3n) is 5.44. The van der Waals surface area contributed by atoms with Crippen LogP contribution >= 0.6 is 11.8 Å². The van der Waals surface area contributed by atoms with Crippen molar-refractivity contribution in [3.05, 3.63) is 48.0 Å². The van der Waals surface area contributed by atoms with Gasteiger partial charge in [-0.05, 0) is 48.1 Å². The topological polar surface area (TPSA) is 87.7 Å². The van der Waals surface area contributed by atoms with Crippen molar-refractivity contribution in [2.75, 3.05) is 31.8 Å². The maximum atomic E-state index is 13.3. The third-order valence-corrected chi connectivity index (χ3v) is 6.18. The Hall–Kier alpha value is -2.84. The maximum absolute atomic E-state index is 13.3. The molecule has 0 spiro atoms. The van der Waals surface area contributed by atoms with E-state index in [4.69, 9.17) is 4.74 Å². The molecule has 1 fully saturated rings. The predicted octanol–water partition coefficient (Wildman–Crippen LogP) is 2.37. The molecule has 4 rings (SSSR count). The molecule has 0 bridgehead atoms. The Bertz CT molecular complexity index is 992. The van der Waals surface area contributed by atoms with Crippen LogP contribution in [0.15, 0.2) is 47.4 Å². The first-order valence-electron chi connectivity index (χ1n) is 9.68. The summed E-state index contributed by atoms with van der Waals surface area (Å²) in [6.07, 6.45) is 2.40. The molecule has 3 amide bonds. The lowest BCUT2D eigenvalue weighted by atomic mass is 10.0.